The molecular weight excluding hydrogens is 240 g/mol. The number of hydrogen-bond donors (Lipinski definition) is 1. The highest BCUT2D eigenvalue weighted by atomic mass is 16.5. The van der Waals surface area contributed by atoms with Crippen molar-refractivity contribution in [2.24, 2.45) is 0 Å². The van der Waals surface area contributed by atoms with Crippen molar-refractivity contribution in [1.29, 1.82) is 0 Å². The van der Waals surface area contributed by atoms with Gasteiger partial charge in [0, 0.05) is 52.5 Å². The number of rotatable bonds is 13. The number of ether oxygens (including phenoxy) is 2. The van der Waals surface area contributed by atoms with Gasteiger partial charge in [0.05, 0.1) is 6.61 Å². The van der Waals surface area contributed by atoms with Crippen molar-refractivity contribution >= 4 is 0 Å². The lowest BCUT2D eigenvalue weighted by molar-refractivity contribution is 0.109. The van der Waals surface area contributed by atoms with Crippen LogP contribution in [0.15, 0.2) is 0 Å². The van der Waals surface area contributed by atoms with Crippen molar-refractivity contribution in [2.75, 3.05) is 47.1 Å². The molecule has 4 nitrogen and oxygen atoms in total. The molecule has 116 valence electrons. The highest BCUT2D eigenvalue weighted by Gasteiger charge is 2.13. The third-order valence-corrected chi connectivity index (χ3v) is 3.48. The zero-order valence-corrected chi connectivity index (χ0v) is 13.6. The van der Waals surface area contributed by atoms with Crippen molar-refractivity contribution in [3.8, 4) is 0 Å². The van der Waals surface area contributed by atoms with Crippen molar-refractivity contribution in [1.82, 2.24) is 10.2 Å². The summed E-state index contributed by atoms with van der Waals surface area (Å²) in [6, 6.07) is 1.14. The Morgan fingerprint density at radius 2 is 1.74 bits per heavy atom. The first-order valence-electron chi connectivity index (χ1n) is 7.61. The third kappa shape index (κ3) is 10.3. The molecule has 0 amide bonds. The van der Waals surface area contributed by atoms with Gasteiger partial charge in [-0.15, -0.1) is 0 Å². The van der Waals surface area contributed by atoms with Gasteiger partial charge in [0.25, 0.3) is 0 Å². The second kappa shape index (κ2) is 12.9. The molecule has 19 heavy (non-hydrogen) atoms. The molecule has 0 aromatic rings. The molecule has 4 heteroatoms. The summed E-state index contributed by atoms with van der Waals surface area (Å²) in [5.41, 5.74) is 0. The summed E-state index contributed by atoms with van der Waals surface area (Å²) in [5.74, 6) is 0. The fourth-order valence-electron chi connectivity index (χ4n) is 2.21. The fourth-order valence-corrected chi connectivity index (χ4v) is 2.21. The molecule has 0 aliphatic rings. The Morgan fingerprint density at radius 1 is 1.05 bits per heavy atom. The Hall–Kier alpha value is -0.160. The van der Waals surface area contributed by atoms with E-state index in [1.807, 2.05) is 0 Å². The van der Waals surface area contributed by atoms with Gasteiger partial charge >= 0.3 is 0 Å². The van der Waals surface area contributed by atoms with Crippen LogP contribution in [0, 0.1) is 0 Å². The second-order valence-corrected chi connectivity index (χ2v) is 5.32. The minimum Gasteiger partial charge on any atom is -0.385 e. The summed E-state index contributed by atoms with van der Waals surface area (Å²) in [7, 11) is 3.52. The highest BCUT2D eigenvalue weighted by Crippen LogP contribution is 2.02. The molecule has 2 atom stereocenters. The standard InChI is InChI=1S/C15H34N2O2/c1-6-8-14(2)16-13-15(3)17(10-12-19-5)9-7-11-18-4/h14-16H,6-13H2,1-5H3. The SMILES string of the molecule is CCCC(C)NCC(C)N(CCCOC)CCOC. The van der Waals surface area contributed by atoms with Crippen LogP contribution in [0.3, 0.4) is 0 Å². The Kier molecular flexibility index (Phi) is 12.7. The van der Waals surface area contributed by atoms with E-state index >= 15 is 0 Å². The highest BCUT2D eigenvalue weighted by molar-refractivity contribution is 4.72. The molecule has 0 fully saturated rings. The Labute approximate surface area is 119 Å². The number of nitrogens with one attached hydrogen (secondary N) is 1. The maximum atomic E-state index is 5.20. The summed E-state index contributed by atoms with van der Waals surface area (Å²) >= 11 is 0. The largest absolute Gasteiger partial charge is 0.385 e. The molecule has 0 aromatic heterocycles. The maximum absolute atomic E-state index is 5.20. The molecule has 2 unspecified atom stereocenters. The van der Waals surface area contributed by atoms with Crippen molar-refractivity contribution in [2.45, 2.75) is 52.1 Å². The molecule has 0 radical (unpaired) electrons. The van der Waals surface area contributed by atoms with Gasteiger partial charge in [-0.2, -0.15) is 0 Å². The van der Waals surface area contributed by atoms with Crippen molar-refractivity contribution in [3.63, 3.8) is 0 Å². The van der Waals surface area contributed by atoms with Crippen LogP contribution in [0.1, 0.15) is 40.0 Å². The summed E-state index contributed by atoms with van der Waals surface area (Å²) in [6.45, 7) is 11.5. The minimum atomic E-state index is 0.534. The normalized spacial score (nSPS) is 14.8. The predicted molar refractivity (Wildman–Crippen MR) is 81.8 cm³/mol. The van der Waals surface area contributed by atoms with E-state index in [4.69, 9.17) is 9.47 Å². The second-order valence-electron chi connectivity index (χ2n) is 5.32. The van der Waals surface area contributed by atoms with Crippen LogP contribution in [0.5, 0.6) is 0 Å². The van der Waals surface area contributed by atoms with Gasteiger partial charge < -0.3 is 14.8 Å². The van der Waals surface area contributed by atoms with Crippen LogP contribution >= 0.6 is 0 Å². The van der Waals surface area contributed by atoms with E-state index < -0.39 is 0 Å². The summed E-state index contributed by atoms with van der Waals surface area (Å²) in [5, 5.41) is 3.62. The van der Waals surface area contributed by atoms with E-state index in [2.05, 4.69) is 31.0 Å². The molecule has 0 spiro atoms. The summed E-state index contributed by atoms with van der Waals surface area (Å²) in [6.07, 6.45) is 3.56. The zero-order valence-electron chi connectivity index (χ0n) is 13.6. The third-order valence-electron chi connectivity index (χ3n) is 3.48. The van der Waals surface area contributed by atoms with E-state index in [1.165, 1.54) is 12.8 Å². The molecule has 0 saturated heterocycles. The van der Waals surface area contributed by atoms with E-state index in [1.54, 1.807) is 14.2 Å². The van der Waals surface area contributed by atoms with Crippen LogP contribution in [0.4, 0.5) is 0 Å². The van der Waals surface area contributed by atoms with Crippen LogP contribution < -0.4 is 5.32 Å². The van der Waals surface area contributed by atoms with E-state index in [0.717, 1.165) is 39.3 Å². The number of methoxy groups -OCH3 is 2. The maximum Gasteiger partial charge on any atom is 0.0589 e. The first-order chi connectivity index (χ1) is 9.15. The van der Waals surface area contributed by atoms with Crippen LogP contribution in [0.2, 0.25) is 0 Å². The topological polar surface area (TPSA) is 33.7 Å². The van der Waals surface area contributed by atoms with Crippen LogP contribution in [-0.2, 0) is 9.47 Å². The van der Waals surface area contributed by atoms with Gasteiger partial charge in [-0.25, -0.2) is 0 Å². The fraction of sp³-hybridized carbons (Fsp3) is 1.00. The molecule has 0 aliphatic heterocycles. The molecular formula is C15H34N2O2. The lowest BCUT2D eigenvalue weighted by Crippen LogP contribution is -2.44. The van der Waals surface area contributed by atoms with Gasteiger partial charge in [-0.3, -0.25) is 4.90 Å². The monoisotopic (exact) mass is 274 g/mol. The Bertz CT molecular complexity index is 191. The van der Waals surface area contributed by atoms with Gasteiger partial charge in [-0.05, 0) is 26.7 Å². The number of hydrogen-bond acceptors (Lipinski definition) is 4. The minimum absolute atomic E-state index is 0.534. The average Bonchev–Trinajstić information content (AvgIpc) is 2.40. The predicted octanol–water partition coefficient (Wildman–Crippen LogP) is 2.14. The molecule has 0 bridgehead atoms. The van der Waals surface area contributed by atoms with Gasteiger partial charge in [0.15, 0.2) is 0 Å². The van der Waals surface area contributed by atoms with Gasteiger partial charge in [-0.1, -0.05) is 13.3 Å². The molecule has 0 aliphatic carbocycles. The summed E-state index contributed by atoms with van der Waals surface area (Å²) < 4.78 is 10.3. The first-order valence-corrected chi connectivity index (χ1v) is 7.61. The van der Waals surface area contributed by atoms with Crippen LogP contribution in [-0.4, -0.2) is 64.1 Å². The van der Waals surface area contributed by atoms with E-state index in [0.29, 0.717) is 12.1 Å². The smallest absolute Gasteiger partial charge is 0.0589 e. The van der Waals surface area contributed by atoms with E-state index in [-0.39, 0.29) is 0 Å². The van der Waals surface area contributed by atoms with Crippen molar-refractivity contribution in [3.05, 3.63) is 0 Å². The molecule has 0 heterocycles. The summed E-state index contributed by atoms with van der Waals surface area (Å²) in [4.78, 5) is 2.48. The number of nitrogens with zero attached hydrogens (tertiary/aromatic N) is 1. The van der Waals surface area contributed by atoms with E-state index in [9.17, 15) is 0 Å². The Balaban J connectivity index is 4.01. The van der Waals surface area contributed by atoms with Gasteiger partial charge in [0.2, 0.25) is 0 Å². The molecule has 0 rings (SSSR count). The molecule has 0 aromatic carbocycles. The van der Waals surface area contributed by atoms with Crippen LogP contribution in [0.25, 0.3) is 0 Å². The molecule has 0 saturated carbocycles. The lowest BCUT2D eigenvalue weighted by atomic mass is 10.2. The Morgan fingerprint density at radius 3 is 2.32 bits per heavy atom. The van der Waals surface area contributed by atoms with Gasteiger partial charge in [0.1, 0.15) is 0 Å². The zero-order chi connectivity index (χ0) is 14.5. The lowest BCUT2D eigenvalue weighted by Gasteiger charge is -2.30. The quantitative estimate of drug-likeness (QED) is 0.522. The molecule has 1 N–H and O–H groups in total. The average molecular weight is 274 g/mol. The first kappa shape index (κ1) is 18.8. The van der Waals surface area contributed by atoms with Crippen molar-refractivity contribution < 1.29 is 9.47 Å².